The number of halogens is 2. The van der Waals surface area contributed by atoms with E-state index in [1.807, 2.05) is 16.7 Å². The van der Waals surface area contributed by atoms with E-state index in [0.717, 1.165) is 21.8 Å². The number of nitrogens with one attached hydrogen (secondary N) is 1. The minimum absolute atomic E-state index is 0.299. The number of aromatic nitrogens is 2. The fraction of sp³-hybridized carbons (Fsp3) is 0.133. The Morgan fingerprint density at radius 3 is 2.78 bits per heavy atom. The predicted octanol–water partition coefficient (Wildman–Crippen LogP) is 3.36. The van der Waals surface area contributed by atoms with Crippen LogP contribution in [0.3, 0.4) is 0 Å². The topological polar surface area (TPSA) is 64.0 Å². The average molecular weight is 398 g/mol. The molecule has 0 fully saturated rings. The molecule has 0 saturated carbocycles. The zero-order valence-electron chi connectivity index (χ0n) is 12.1. The van der Waals surface area contributed by atoms with Crippen LogP contribution in [0.4, 0.5) is 10.1 Å². The van der Waals surface area contributed by atoms with E-state index in [-0.39, 0.29) is 5.82 Å². The molecule has 3 rings (SSSR count). The van der Waals surface area contributed by atoms with Crippen LogP contribution in [-0.2, 0) is 16.6 Å². The summed E-state index contributed by atoms with van der Waals surface area (Å²) < 4.78 is 41.3. The number of fused-ring (bicyclic) bond motifs is 1. The van der Waals surface area contributed by atoms with E-state index in [0.29, 0.717) is 17.7 Å². The quantitative estimate of drug-likeness (QED) is 0.733. The van der Waals surface area contributed by atoms with Gasteiger partial charge < -0.3 is 4.57 Å². The largest absolute Gasteiger partial charge is 0.326 e. The maximum absolute atomic E-state index is 13.3. The van der Waals surface area contributed by atoms with Gasteiger partial charge in [-0.05, 0) is 29.8 Å². The summed E-state index contributed by atoms with van der Waals surface area (Å²) in [5.41, 5.74) is 2.47. The van der Waals surface area contributed by atoms with Crippen LogP contribution in [0, 0.1) is 5.82 Å². The summed E-state index contributed by atoms with van der Waals surface area (Å²) in [6, 6.07) is 9.82. The smallest absolute Gasteiger partial charge is 0.229 e. The monoisotopic (exact) mass is 397 g/mol. The van der Waals surface area contributed by atoms with E-state index < -0.39 is 10.0 Å². The highest BCUT2D eigenvalue weighted by molar-refractivity contribution is 9.10. The molecule has 0 spiro atoms. The van der Waals surface area contributed by atoms with Gasteiger partial charge in [0.25, 0.3) is 0 Å². The third-order valence-electron chi connectivity index (χ3n) is 3.23. The van der Waals surface area contributed by atoms with Crippen molar-refractivity contribution >= 4 is 42.7 Å². The van der Waals surface area contributed by atoms with Crippen LogP contribution in [0.25, 0.3) is 11.0 Å². The molecule has 0 unspecified atom stereocenters. The summed E-state index contributed by atoms with van der Waals surface area (Å²) in [7, 11) is -3.41. The second-order valence-electron chi connectivity index (χ2n) is 5.20. The van der Waals surface area contributed by atoms with E-state index >= 15 is 0 Å². The van der Waals surface area contributed by atoms with Crippen LogP contribution in [0.1, 0.15) is 5.56 Å². The van der Waals surface area contributed by atoms with Crippen molar-refractivity contribution in [1.29, 1.82) is 0 Å². The predicted molar refractivity (Wildman–Crippen MR) is 91.4 cm³/mol. The first-order valence-corrected chi connectivity index (χ1v) is 9.37. The van der Waals surface area contributed by atoms with Crippen LogP contribution in [0.5, 0.6) is 0 Å². The first-order chi connectivity index (χ1) is 10.8. The van der Waals surface area contributed by atoms with Crippen molar-refractivity contribution in [2.75, 3.05) is 11.0 Å². The highest BCUT2D eigenvalue weighted by Crippen LogP contribution is 2.28. The SMILES string of the molecule is CS(=O)(=O)Nc1cc(Br)cc2c1ncn2Cc1cccc(F)c1. The number of imidazole rings is 1. The summed E-state index contributed by atoms with van der Waals surface area (Å²) in [5.74, 6) is -0.299. The Labute approximate surface area is 141 Å². The Balaban J connectivity index is 2.06. The maximum Gasteiger partial charge on any atom is 0.229 e. The Hall–Kier alpha value is -1.93. The Bertz CT molecular complexity index is 986. The van der Waals surface area contributed by atoms with Crippen LogP contribution >= 0.6 is 15.9 Å². The molecule has 120 valence electrons. The van der Waals surface area contributed by atoms with Gasteiger partial charge in [0.05, 0.1) is 23.8 Å². The van der Waals surface area contributed by atoms with Gasteiger partial charge in [0.2, 0.25) is 10.0 Å². The van der Waals surface area contributed by atoms with Crippen LogP contribution in [-0.4, -0.2) is 24.2 Å². The third-order valence-corrected chi connectivity index (χ3v) is 4.28. The molecule has 0 radical (unpaired) electrons. The minimum Gasteiger partial charge on any atom is -0.326 e. The van der Waals surface area contributed by atoms with Crippen molar-refractivity contribution in [3.8, 4) is 0 Å². The molecule has 0 aliphatic heterocycles. The molecular weight excluding hydrogens is 385 g/mol. The van der Waals surface area contributed by atoms with E-state index in [1.165, 1.54) is 12.1 Å². The zero-order chi connectivity index (χ0) is 16.6. The minimum atomic E-state index is -3.41. The number of nitrogens with zero attached hydrogens (tertiary/aromatic N) is 2. The lowest BCUT2D eigenvalue weighted by Crippen LogP contribution is -2.10. The van der Waals surface area contributed by atoms with Crippen molar-refractivity contribution < 1.29 is 12.8 Å². The van der Waals surface area contributed by atoms with Crippen molar-refractivity contribution in [1.82, 2.24) is 9.55 Å². The molecule has 1 heterocycles. The van der Waals surface area contributed by atoms with Gasteiger partial charge in [-0.3, -0.25) is 4.72 Å². The Morgan fingerprint density at radius 2 is 2.09 bits per heavy atom. The van der Waals surface area contributed by atoms with Crippen LogP contribution in [0.2, 0.25) is 0 Å². The van der Waals surface area contributed by atoms with Crippen LogP contribution in [0.15, 0.2) is 47.2 Å². The van der Waals surface area contributed by atoms with E-state index in [2.05, 4.69) is 25.6 Å². The number of sulfonamides is 1. The van der Waals surface area contributed by atoms with Crippen molar-refractivity contribution in [2.24, 2.45) is 0 Å². The normalized spacial score (nSPS) is 11.8. The lowest BCUT2D eigenvalue weighted by atomic mass is 10.2. The lowest BCUT2D eigenvalue weighted by molar-refractivity contribution is 0.607. The molecule has 0 bridgehead atoms. The molecule has 23 heavy (non-hydrogen) atoms. The van der Waals surface area contributed by atoms with Gasteiger partial charge >= 0.3 is 0 Å². The summed E-state index contributed by atoms with van der Waals surface area (Å²) in [6.45, 7) is 0.434. The standard InChI is InChI=1S/C15H13BrFN3O2S/c1-23(21,22)19-13-6-11(16)7-14-15(13)18-9-20(14)8-10-3-2-4-12(17)5-10/h2-7,9,19H,8H2,1H3. The molecule has 0 amide bonds. The second-order valence-corrected chi connectivity index (χ2v) is 7.86. The molecule has 0 aliphatic carbocycles. The fourth-order valence-corrected chi connectivity index (χ4v) is 3.37. The Morgan fingerprint density at radius 1 is 1.30 bits per heavy atom. The fourth-order valence-electron chi connectivity index (χ4n) is 2.36. The van der Waals surface area contributed by atoms with Crippen LogP contribution < -0.4 is 4.72 Å². The molecule has 1 N–H and O–H groups in total. The second kappa shape index (κ2) is 5.93. The first kappa shape index (κ1) is 15.9. The van der Waals surface area contributed by atoms with Gasteiger partial charge in [-0.2, -0.15) is 0 Å². The molecular formula is C15H13BrFN3O2S. The summed E-state index contributed by atoms with van der Waals surface area (Å²) in [4.78, 5) is 4.28. The first-order valence-electron chi connectivity index (χ1n) is 6.68. The van der Waals surface area contributed by atoms with Gasteiger partial charge in [-0.15, -0.1) is 0 Å². The van der Waals surface area contributed by atoms with E-state index in [4.69, 9.17) is 0 Å². The third kappa shape index (κ3) is 3.70. The van der Waals surface area contributed by atoms with Gasteiger partial charge in [0.1, 0.15) is 11.3 Å². The number of hydrogen-bond donors (Lipinski definition) is 1. The Kier molecular flexibility index (Phi) is 4.11. The zero-order valence-corrected chi connectivity index (χ0v) is 14.5. The van der Waals surface area contributed by atoms with Gasteiger partial charge in [-0.25, -0.2) is 17.8 Å². The number of hydrogen-bond acceptors (Lipinski definition) is 3. The molecule has 0 saturated heterocycles. The lowest BCUT2D eigenvalue weighted by Gasteiger charge is -2.08. The number of rotatable bonds is 4. The summed E-state index contributed by atoms with van der Waals surface area (Å²) >= 11 is 3.37. The average Bonchev–Trinajstić information content (AvgIpc) is 2.80. The number of anilines is 1. The summed E-state index contributed by atoms with van der Waals surface area (Å²) in [6.07, 6.45) is 2.69. The molecule has 3 aromatic rings. The summed E-state index contributed by atoms with van der Waals surface area (Å²) in [5, 5.41) is 0. The molecule has 2 aromatic carbocycles. The highest BCUT2D eigenvalue weighted by Gasteiger charge is 2.12. The van der Waals surface area contributed by atoms with E-state index in [9.17, 15) is 12.8 Å². The van der Waals surface area contributed by atoms with Crippen molar-refractivity contribution in [3.05, 3.63) is 58.6 Å². The van der Waals surface area contributed by atoms with Gasteiger partial charge in [0, 0.05) is 11.0 Å². The molecule has 8 heteroatoms. The molecule has 0 atom stereocenters. The van der Waals surface area contributed by atoms with Crippen molar-refractivity contribution in [3.63, 3.8) is 0 Å². The van der Waals surface area contributed by atoms with Gasteiger partial charge in [-0.1, -0.05) is 28.1 Å². The molecule has 1 aromatic heterocycles. The van der Waals surface area contributed by atoms with Crippen molar-refractivity contribution in [2.45, 2.75) is 6.54 Å². The van der Waals surface area contributed by atoms with Gasteiger partial charge in [0.15, 0.2) is 0 Å². The molecule has 5 nitrogen and oxygen atoms in total. The van der Waals surface area contributed by atoms with E-state index in [1.54, 1.807) is 18.5 Å². The molecule has 0 aliphatic rings. The number of benzene rings is 2. The highest BCUT2D eigenvalue weighted by atomic mass is 79.9. The maximum atomic E-state index is 13.3.